The van der Waals surface area contributed by atoms with Gasteiger partial charge in [0.25, 0.3) is 0 Å². The predicted molar refractivity (Wildman–Crippen MR) is 68.9 cm³/mol. The van der Waals surface area contributed by atoms with Crippen molar-refractivity contribution in [2.24, 2.45) is 5.92 Å². The summed E-state index contributed by atoms with van der Waals surface area (Å²) in [4.78, 5) is 17.5. The van der Waals surface area contributed by atoms with Crippen LogP contribution in [0.3, 0.4) is 0 Å². The molecule has 2 atom stereocenters. The molecule has 0 radical (unpaired) electrons. The monoisotopic (exact) mass is 246 g/mol. The van der Waals surface area contributed by atoms with Crippen LogP contribution in [-0.4, -0.2) is 28.6 Å². The van der Waals surface area contributed by atoms with Crippen LogP contribution in [0.5, 0.6) is 0 Å². The van der Waals surface area contributed by atoms with Gasteiger partial charge in [0.15, 0.2) is 0 Å². The molecule has 96 valence electrons. The first kappa shape index (κ1) is 11.5. The van der Waals surface area contributed by atoms with Gasteiger partial charge in [-0.25, -0.2) is 4.79 Å². The highest BCUT2D eigenvalue weighted by Gasteiger charge is 2.36. The molecule has 0 amide bonds. The van der Waals surface area contributed by atoms with Crippen LogP contribution in [0.2, 0.25) is 0 Å². The summed E-state index contributed by atoms with van der Waals surface area (Å²) < 4.78 is 0. The number of hydrogen-bond donors (Lipinski definition) is 1. The fourth-order valence-electron chi connectivity index (χ4n) is 3.56. The van der Waals surface area contributed by atoms with Gasteiger partial charge < -0.3 is 10.0 Å². The molecule has 0 aromatic carbocycles. The number of hydrogen-bond acceptors (Lipinski definition) is 3. The number of aromatic carboxylic acids is 1. The molecule has 2 aliphatic rings. The molecule has 4 nitrogen and oxygen atoms in total. The van der Waals surface area contributed by atoms with Crippen molar-refractivity contribution in [3.8, 4) is 0 Å². The molecule has 2 fully saturated rings. The third kappa shape index (κ3) is 1.85. The molecule has 1 saturated carbocycles. The molecule has 18 heavy (non-hydrogen) atoms. The van der Waals surface area contributed by atoms with E-state index in [0.717, 1.165) is 18.2 Å². The Labute approximate surface area is 107 Å². The molecule has 1 saturated heterocycles. The average molecular weight is 246 g/mol. The van der Waals surface area contributed by atoms with E-state index in [1.807, 2.05) is 6.07 Å². The summed E-state index contributed by atoms with van der Waals surface area (Å²) in [5, 5.41) is 9.27. The summed E-state index contributed by atoms with van der Waals surface area (Å²) in [5.41, 5.74) is 1.19. The van der Waals surface area contributed by atoms with E-state index >= 15 is 0 Å². The Morgan fingerprint density at radius 1 is 1.33 bits per heavy atom. The average Bonchev–Trinajstić information content (AvgIpc) is 2.86. The Morgan fingerprint density at radius 3 is 3.00 bits per heavy atom. The lowest BCUT2D eigenvalue weighted by molar-refractivity contribution is 0.0697. The number of carboxylic acids is 1. The van der Waals surface area contributed by atoms with Crippen LogP contribution >= 0.6 is 0 Å². The van der Waals surface area contributed by atoms with Gasteiger partial charge >= 0.3 is 5.97 Å². The number of rotatable bonds is 2. The summed E-state index contributed by atoms with van der Waals surface area (Å²) in [6.07, 6.45) is 9.41. The van der Waals surface area contributed by atoms with Crippen molar-refractivity contribution in [3.63, 3.8) is 0 Å². The van der Waals surface area contributed by atoms with Gasteiger partial charge in [-0.1, -0.05) is 6.42 Å². The smallest absolute Gasteiger partial charge is 0.339 e. The second-order valence-electron chi connectivity index (χ2n) is 5.29. The second-order valence-corrected chi connectivity index (χ2v) is 5.29. The minimum absolute atomic E-state index is 0.338. The normalized spacial score (nSPS) is 27.0. The molecule has 0 bridgehead atoms. The zero-order valence-corrected chi connectivity index (χ0v) is 10.4. The van der Waals surface area contributed by atoms with Gasteiger partial charge in [-0.15, -0.1) is 0 Å². The number of aromatic nitrogens is 1. The zero-order chi connectivity index (χ0) is 12.5. The number of anilines is 1. The lowest BCUT2D eigenvalue weighted by Gasteiger charge is -2.40. The third-order valence-corrected chi connectivity index (χ3v) is 4.33. The van der Waals surface area contributed by atoms with Crippen LogP contribution in [0.4, 0.5) is 5.69 Å². The first-order chi connectivity index (χ1) is 8.77. The largest absolute Gasteiger partial charge is 0.478 e. The van der Waals surface area contributed by atoms with Crippen LogP contribution in [0.1, 0.15) is 42.5 Å². The SMILES string of the molecule is O=C(O)c1cnccc1N1CCCC2CCCC21. The standard InChI is InChI=1S/C14H18N2O2/c17-14(18)11-9-15-7-6-13(11)16-8-2-4-10-3-1-5-12(10)16/h6-7,9-10,12H,1-5,8H2,(H,17,18). The summed E-state index contributed by atoms with van der Waals surface area (Å²) in [5.74, 6) is -0.119. The van der Waals surface area contributed by atoms with E-state index in [1.54, 1.807) is 6.20 Å². The maximum Gasteiger partial charge on any atom is 0.339 e. The van der Waals surface area contributed by atoms with Crippen LogP contribution in [0.15, 0.2) is 18.5 Å². The van der Waals surface area contributed by atoms with Crippen LogP contribution in [0.25, 0.3) is 0 Å². The topological polar surface area (TPSA) is 53.4 Å². The van der Waals surface area contributed by atoms with Crippen molar-refractivity contribution in [2.45, 2.75) is 38.1 Å². The van der Waals surface area contributed by atoms with Gasteiger partial charge in [-0.2, -0.15) is 0 Å². The molecule has 3 rings (SSSR count). The van der Waals surface area contributed by atoms with Gasteiger partial charge in [-0.3, -0.25) is 4.98 Å². The van der Waals surface area contributed by atoms with Crippen LogP contribution < -0.4 is 4.90 Å². The Bertz CT molecular complexity index is 461. The van der Waals surface area contributed by atoms with Gasteiger partial charge in [0, 0.05) is 25.0 Å². The summed E-state index contributed by atoms with van der Waals surface area (Å²) in [6.45, 7) is 0.978. The van der Waals surface area contributed by atoms with Crippen molar-refractivity contribution < 1.29 is 9.90 Å². The van der Waals surface area contributed by atoms with Crippen molar-refractivity contribution in [1.82, 2.24) is 4.98 Å². The van der Waals surface area contributed by atoms with Crippen molar-refractivity contribution >= 4 is 11.7 Å². The van der Waals surface area contributed by atoms with Crippen molar-refractivity contribution in [3.05, 3.63) is 24.0 Å². The molecule has 4 heteroatoms. The first-order valence-corrected chi connectivity index (χ1v) is 6.71. The Morgan fingerprint density at radius 2 is 2.17 bits per heavy atom. The molecule has 1 aliphatic carbocycles. The summed E-state index contributed by atoms with van der Waals surface area (Å²) in [7, 11) is 0. The number of nitrogens with zero attached hydrogens (tertiary/aromatic N) is 2. The first-order valence-electron chi connectivity index (χ1n) is 6.71. The second kappa shape index (κ2) is 4.59. The predicted octanol–water partition coefficient (Wildman–Crippen LogP) is 2.55. The highest BCUT2D eigenvalue weighted by molar-refractivity contribution is 5.94. The molecular weight excluding hydrogens is 228 g/mol. The lowest BCUT2D eigenvalue weighted by atomic mass is 9.91. The van der Waals surface area contributed by atoms with Crippen LogP contribution in [0, 0.1) is 5.92 Å². The maximum absolute atomic E-state index is 11.3. The fraction of sp³-hybridized carbons (Fsp3) is 0.571. The number of pyridine rings is 1. The minimum Gasteiger partial charge on any atom is -0.478 e. The molecule has 1 aromatic rings. The molecule has 1 aliphatic heterocycles. The maximum atomic E-state index is 11.3. The lowest BCUT2D eigenvalue weighted by Crippen LogP contribution is -2.43. The summed E-state index contributed by atoms with van der Waals surface area (Å²) >= 11 is 0. The fourth-order valence-corrected chi connectivity index (χ4v) is 3.56. The quantitative estimate of drug-likeness (QED) is 0.871. The van der Waals surface area contributed by atoms with E-state index in [2.05, 4.69) is 9.88 Å². The number of carboxylic acid groups (broad SMARTS) is 1. The Kier molecular flexibility index (Phi) is 2.94. The Balaban J connectivity index is 1.96. The molecule has 2 heterocycles. The Hall–Kier alpha value is -1.58. The third-order valence-electron chi connectivity index (χ3n) is 4.33. The molecule has 0 spiro atoms. The number of piperidine rings is 1. The number of fused-ring (bicyclic) bond motifs is 1. The van der Waals surface area contributed by atoms with E-state index in [4.69, 9.17) is 0 Å². The summed E-state index contributed by atoms with van der Waals surface area (Å²) in [6, 6.07) is 2.39. The van der Waals surface area contributed by atoms with Crippen LogP contribution in [-0.2, 0) is 0 Å². The molecule has 1 aromatic heterocycles. The van der Waals surface area contributed by atoms with E-state index in [0.29, 0.717) is 11.6 Å². The minimum atomic E-state index is -0.877. The van der Waals surface area contributed by atoms with Crippen molar-refractivity contribution in [2.75, 3.05) is 11.4 Å². The van der Waals surface area contributed by atoms with E-state index in [9.17, 15) is 9.90 Å². The van der Waals surface area contributed by atoms with E-state index < -0.39 is 5.97 Å². The van der Waals surface area contributed by atoms with Crippen molar-refractivity contribution in [1.29, 1.82) is 0 Å². The van der Waals surface area contributed by atoms with E-state index in [1.165, 1.54) is 38.3 Å². The van der Waals surface area contributed by atoms with Gasteiger partial charge in [0.05, 0.1) is 5.69 Å². The van der Waals surface area contributed by atoms with Gasteiger partial charge in [0.1, 0.15) is 5.56 Å². The van der Waals surface area contributed by atoms with Gasteiger partial charge in [-0.05, 0) is 37.7 Å². The molecular formula is C14H18N2O2. The highest BCUT2D eigenvalue weighted by Crippen LogP contribution is 2.39. The van der Waals surface area contributed by atoms with Gasteiger partial charge in [0.2, 0.25) is 0 Å². The highest BCUT2D eigenvalue weighted by atomic mass is 16.4. The zero-order valence-electron chi connectivity index (χ0n) is 10.4. The number of carbonyl (C=O) groups is 1. The molecule has 1 N–H and O–H groups in total. The molecule has 2 unspecified atom stereocenters. The van der Waals surface area contributed by atoms with E-state index in [-0.39, 0.29) is 0 Å².